The molecule has 1 saturated heterocycles. The molecule has 1 aromatic rings. The van der Waals surface area contributed by atoms with E-state index in [0.717, 1.165) is 32.3 Å². The number of benzene rings is 1. The van der Waals surface area contributed by atoms with Crippen LogP contribution in [0.25, 0.3) is 0 Å². The summed E-state index contributed by atoms with van der Waals surface area (Å²) in [6, 6.07) is 4.20. The maximum atomic E-state index is 13.1. The summed E-state index contributed by atoms with van der Waals surface area (Å²) >= 11 is 12.4. The number of ether oxygens (including phenoxy) is 2. The highest BCUT2D eigenvalue weighted by molar-refractivity contribution is 6.35. The van der Waals surface area contributed by atoms with Crippen molar-refractivity contribution in [2.24, 2.45) is 5.92 Å². The molecular formula is C20H25Cl2NO4. The lowest BCUT2D eigenvalue weighted by Crippen LogP contribution is -2.41. The maximum absolute atomic E-state index is 13.1. The lowest BCUT2D eigenvalue weighted by atomic mass is 10.0. The molecule has 2 atom stereocenters. The highest BCUT2D eigenvalue weighted by Gasteiger charge is 2.42. The van der Waals surface area contributed by atoms with E-state index >= 15 is 0 Å². The van der Waals surface area contributed by atoms with Crippen molar-refractivity contribution in [1.29, 1.82) is 0 Å². The van der Waals surface area contributed by atoms with Crippen molar-refractivity contribution >= 4 is 35.1 Å². The van der Waals surface area contributed by atoms with E-state index in [2.05, 4.69) is 0 Å². The predicted molar refractivity (Wildman–Crippen MR) is 104 cm³/mol. The summed E-state index contributed by atoms with van der Waals surface area (Å²) < 4.78 is 10.7. The summed E-state index contributed by atoms with van der Waals surface area (Å²) in [4.78, 5) is 27.6. The lowest BCUT2D eigenvalue weighted by molar-refractivity contribution is -0.156. The van der Waals surface area contributed by atoms with E-state index in [9.17, 15) is 9.59 Å². The van der Waals surface area contributed by atoms with Crippen molar-refractivity contribution < 1.29 is 19.1 Å². The maximum Gasteiger partial charge on any atom is 0.333 e. The fraction of sp³-hybridized carbons (Fsp3) is 0.600. The number of nitrogens with zero attached hydrogens (tertiary/aromatic N) is 1. The van der Waals surface area contributed by atoms with Gasteiger partial charge >= 0.3 is 5.97 Å². The second-order valence-corrected chi connectivity index (χ2v) is 7.96. The average molecular weight is 414 g/mol. The number of hydrogen-bond donors (Lipinski definition) is 0. The molecular weight excluding hydrogens is 389 g/mol. The quantitative estimate of drug-likeness (QED) is 0.592. The number of carbonyl (C=O) groups is 2. The summed E-state index contributed by atoms with van der Waals surface area (Å²) in [5.41, 5.74) is 0.559. The van der Waals surface area contributed by atoms with E-state index in [4.69, 9.17) is 32.7 Å². The van der Waals surface area contributed by atoms with Gasteiger partial charge < -0.3 is 14.4 Å². The zero-order valence-electron chi connectivity index (χ0n) is 15.5. The average Bonchev–Trinajstić information content (AvgIpc) is 3.32. The van der Waals surface area contributed by atoms with Crippen LogP contribution in [0.15, 0.2) is 18.2 Å². The Morgan fingerprint density at radius 3 is 2.67 bits per heavy atom. The van der Waals surface area contributed by atoms with Gasteiger partial charge in [0.1, 0.15) is 0 Å². The molecule has 1 aliphatic heterocycles. The summed E-state index contributed by atoms with van der Waals surface area (Å²) in [6.07, 6.45) is 3.93. The summed E-state index contributed by atoms with van der Waals surface area (Å²) in [7, 11) is 0. The van der Waals surface area contributed by atoms with Crippen LogP contribution in [0, 0.1) is 5.92 Å². The van der Waals surface area contributed by atoms with E-state index in [1.165, 1.54) is 0 Å². The van der Waals surface area contributed by atoms with Gasteiger partial charge in [0.05, 0.1) is 6.61 Å². The van der Waals surface area contributed by atoms with Gasteiger partial charge in [-0.25, -0.2) is 4.79 Å². The molecule has 3 rings (SSSR count). The number of amides is 1. The number of rotatable bonds is 8. The second kappa shape index (κ2) is 9.26. The molecule has 27 heavy (non-hydrogen) atoms. The first-order valence-corrected chi connectivity index (χ1v) is 10.3. The number of esters is 1. The van der Waals surface area contributed by atoms with E-state index in [-0.39, 0.29) is 18.6 Å². The van der Waals surface area contributed by atoms with Gasteiger partial charge in [0.25, 0.3) is 0 Å². The van der Waals surface area contributed by atoms with E-state index in [0.29, 0.717) is 34.6 Å². The van der Waals surface area contributed by atoms with Crippen LogP contribution in [0.1, 0.15) is 50.6 Å². The van der Waals surface area contributed by atoms with Crippen LogP contribution in [0.2, 0.25) is 10.0 Å². The molecule has 148 valence electrons. The minimum Gasteiger partial charge on any atom is -0.464 e. The van der Waals surface area contributed by atoms with Crippen molar-refractivity contribution in [2.45, 2.75) is 51.1 Å². The zero-order chi connectivity index (χ0) is 19.4. The first-order valence-electron chi connectivity index (χ1n) is 9.51. The Labute approximate surface area is 169 Å². The highest BCUT2D eigenvalue weighted by Crippen LogP contribution is 2.39. The lowest BCUT2D eigenvalue weighted by Gasteiger charge is -2.31. The minimum absolute atomic E-state index is 0.0338. The topological polar surface area (TPSA) is 55.8 Å². The molecule has 1 aromatic carbocycles. The Morgan fingerprint density at radius 2 is 2.07 bits per heavy atom. The third-order valence-corrected chi connectivity index (χ3v) is 5.63. The Bertz CT molecular complexity index is 687. The third-order valence-electron chi connectivity index (χ3n) is 5.06. The molecule has 5 nitrogen and oxygen atoms in total. The molecule has 0 radical (unpaired) electrons. The molecule has 2 fully saturated rings. The summed E-state index contributed by atoms with van der Waals surface area (Å²) in [5.74, 6) is -0.0743. The van der Waals surface area contributed by atoms with Crippen LogP contribution in [-0.4, -0.2) is 42.6 Å². The van der Waals surface area contributed by atoms with Gasteiger partial charge in [-0.15, -0.1) is 0 Å². The van der Waals surface area contributed by atoms with Crippen LogP contribution in [0.5, 0.6) is 0 Å². The van der Waals surface area contributed by atoms with Crippen LogP contribution >= 0.6 is 23.2 Å². The Hall–Kier alpha value is -1.30. The van der Waals surface area contributed by atoms with Gasteiger partial charge in [-0.2, -0.15) is 0 Å². The fourth-order valence-corrected chi connectivity index (χ4v) is 4.03. The molecule has 2 unspecified atom stereocenters. The first kappa shape index (κ1) is 20.4. The number of carbonyl (C=O) groups excluding carboxylic acids is 2. The zero-order valence-corrected chi connectivity index (χ0v) is 17.0. The normalized spacial score (nSPS) is 20.3. The molecule has 0 spiro atoms. The predicted octanol–water partition coefficient (Wildman–Crippen LogP) is 4.41. The molecule has 0 aromatic heterocycles. The van der Waals surface area contributed by atoms with Crippen LogP contribution in [0.4, 0.5) is 0 Å². The smallest absolute Gasteiger partial charge is 0.333 e. The van der Waals surface area contributed by atoms with E-state index in [1.54, 1.807) is 30.0 Å². The van der Waals surface area contributed by atoms with E-state index < -0.39 is 12.0 Å². The van der Waals surface area contributed by atoms with Crippen LogP contribution in [0.3, 0.4) is 0 Å². The van der Waals surface area contributed by atoms with E-state index in [1.807, 2.05) is 0 Å². The summed E-state index contributed by atoms with van der Waals surface area (Å²) in [5, 5.41) is 0.847. The monoisotopic (exact) mass is 413 g/mol. The van der Waals surface area contributed by atoms with Crippen molar-refractivity contribution in [3.05, 3.63) is 33.8 Å². The Kier molecular flexibility index (Phi) is 7.01. The standard InChI is InChI=1S/C20H25Cl2NO4/c1-2-27-20(25)19(16-7-4-14(21)11-17(16)22)23(15-5-6-15)18(24)8-3-13-9-10-26-12-13/h4,7,11,13,15,19H,2-3,5-6,8-10,12H2,1H3. The molecule has 0 bridgehead atoms. The molecule has 1 aliphatic carbocycles. The van der Waals surface area contributed by atoms with Crippen molar-refractivity contribution in [3.8, 4) is 0 Å². The molecule has 7 heteroatoms. The van der Waals surface area contributed by atoms with Crippen molar-refractivity contribution in [1.82, 2.24) is 4.90 Å². The number of halogens is 2. The first-order chi connectivity index (χ1) is 13.0. The highest BCUT2D eigenvalue weighted by atomic mass is 35.5. The summed E-state index contributed by atoms with van der Waals surface area (Å²) in [6.45, 7) is 3.46. The Balaban J connectivity index is 1.84. The van der Waals surface area contributed by atoms with Crippen molar-refractivity contribution in [2.75, 3.05) is 19.8 Å². The molecule has 1 heterocycles. The van der Waals surface area contributed by atoms with Gasteiger partial charge in [0.15, 0.2) is 6.04 Å². The van der Waals surface area contributed by atoms with Gasteiger partial charge in [0, 0.05) is 41.3 Å². The van der Waals surface area contributed by atoms with Gasteiger partial charge in [-0.3, -0.25) is 4.79 Å². The minimum atomic E-state index is -0.838. The SMILES string of the molecule is CCOC(=O)C(c1ccc(Cl)cc1Cl)N(C(=O)CCC1CCOC1)C1CC1. The Morgan fingerprint density at radius 1 is 1.30 bits per heavy atom. The largest absolute Gasteiger partial charge is 0.464 e. The van der Waals surface area contributed by atoms with Gasteiger partial charge in [0.2, 0.25) is 5.91 Å². The van der Waals surface area contributed by atoms with Crippen LogP contribution < -0.4 is 0 Å². The molecule has 0 N–H and O–H groups in total. The second-order valence-electron chi connectivity index (χ2n) is 7.12. The fourth-order valence-electron chi connectivity index (χ4n) is 3.51. The molecule has 1 saturated carbocycles. The third kappa shape index (κ3) is 5.15. The van der Waals surface area contributed by atoms with Crippen LogP contribution in [-0.2, 0) is 19.1 Å². The number of hydrogen-bond acceptors (Lipinski definition) is 4. The van der Waals surface area contributed by atoms with Crippen molar-refractivity contribution in [3.63, 3.8) is 0 Å². The molecule has 2 aliphatic rings. The van der Waals surface area contributed by atoms with Gasteiger partial charge in [-0.05, 0) is 50.7 Å². The van der Waals surface area contributed by atoms with Gasteiger partial charge in [-0.1, -0.05) is 29.3 Å². The molecule has 1 amide bonds.